The maximum atomic E-state index is 10.6. The highest BCUT2D eigenvalue weighted by atomic mass is 16.5. The zero-order chi connectivity index (χ0) is 10.6. The molecule has 82 valence electrons. The molecule has 3 heteroatoms. The van der Waals surface area contributed by atoms with E-state index in [2.05, 4.69) is 0 Å². The van der Waals surface area contributed by atoms with Crippen molar-refractivity contribution in [1.29, 1.82) is 0 Å². The lowest BCUT2D eigenvalue weighted by Gasteiger charge is -2.30. The van der Waals surface area contributed by atoms with Crippen molar-refractivity contribution in [3.05, 3.63) is 0 Å². The quantitative estimate of drug-likeness (QED) is 0.706. The highest BCUT2D eigenvalue weighted by molar-refractivity contribution is 5.65. The molecule has 1 N–H and O–H groups in total. The number of carbonyl (C=O) groups excluding carboxylic acids is 1. The number of hydrogen-bond acceptors (Lipinski definition) is 3. The third kappa shape index (κ3) is 3.66. The summed E-state index contributed by atoms with van der Waals surface area (Å²) in [6.07, 6.45) is 4.13. The van der Waals surface area contributed by atoms with Crippen LogP contribution in [0.4, 0.5) is 0 Å². The summed E-state index contributed by atoms with van der Waals surface area (Å²) < 4.78 is 4.99. The molecule has 3 nitrogen and oxygen atoms in total. The van der Waals surface area contributed by atoms with Gasteiger partial charge in [0.15, 0.2) is 0 Å². The highest BCUT2D eigenvalue weighted by Crippen LogP contribution is 2.31. The van der Waals surface area contributed by atoms with Gasteiger partial charge in [-0.25, -0.2) is 0 Å². The molecule has 1 aliphatic rings. The first-order valence-electron chi connectivity index (χ1n) is 5.41. The van der Waals surface area contributed by atoms with Crippen molar-refractivity contribution in [1.82, 2.24) is 0 Å². The molecule has 1 rings (SSSR count). The lowest BCUT2D eigenvalue weighted by atomic mass is 9.79. The van der Waals surface area contributed by atoms with Crippen molar-refractivity contribution >= 4 is 5.97 Å². The Balaban J connectivity index is 2.29. The Kier molecular flexibility index (Phi) is 4.39. The normalized spacial score (nSPS) is 29.6. The van der Waals surface area contributed by atoms with Crippen LogP contribution in [0.25, 0.3) is 0 Å². The maximum Gasteiger partial charge on any atom is 0.302 e. The third-order valence-electron chi connectivity index (χ3n) is 3.03. The summed E-state index contributed by atoms with van der Waals surface area (Å²) in [5.74, 6) is 0.640. The Hall–Kier alpha value is -0.570. The summed E-state index contributed by atoms with van der Waals surface area (Å²) >= 11 is 0. The smallest absolute Gasteiger partial charge is 0.302 e. The molecular weight excluding hydrogens is 180 g/mol. The number of esters is 1. The van der Waals surface area contributed by atoms with Gasteiger partial charge in [-0.05, 0) is 38.0 Å². The summed E-state index contributed by atoms with van der Waals surface area (Å²) in [6.45, 7) is 3.81. The van der Waals surface area contributed by atoms with Crippen LogP contribution in [0, 0.1) is 11.8 Å². The molecule has 14 heavy (non-hydrogen) atoms. The molecule has 1 saturated carbocycles. The zero-order valence-electron chi connectivity index (χ0n) is 9.03. The maximum absolute atomic E-state index is 10.6. The molecule has 0 bridgehead atoms. The predicted octanol–water partition coefficient (Wildman–Crippen LogP) is 1.74. The van der Waals surface area contributed by atoms with Crippen LogP contribution < -0.4 is 0 Å². The number of ether oxygens (including phenoxy) is 1. The monoisotopic (exact) mass is 200 g/mol. The predicted molar refractivity (Wildman–Crippen MR) is 53.8 cm³/mol. The zero-order valence-corrected chi connectivity index (χ0v) is 9.03. The van der Waals surface area contributed by atoms with Gasteiger partial charge in [-0.15, -0.1) is 0 Å². The fourth-order valence-electron chi connectivity index (χ4n) is 2.16. The van der Waals surface area contributed by atoms with Crippen molar-refractivity contribution in [2.24, 2.45) is 11.8 Å². The first kappa shape index (κ1) is 11.5. The standard InChI is InChI=1S/C11H20O3/c1-8(12)11-5-3-4-10(6-11)7-14-9(2)13/h8,10-12H,3-7H2,1-2H3. The highest BCUT2D eigenvalue weighted by Gasteiger charge is 2.25. The average Bonchev–Trinajstić information content (AvgIpc) is 2.15. The second-order valence-corrected chi connectivity index (χ2v) is 4.34. The molecule has 1 aliphatic carbocycles. The van der Waals surface area contributed by atoms with E-state index in [1.54, 1.807) is 0 Å². The minimum atomic E-state index is -0.227. The minimum absolute atomic E-state index is 0.204. The van der Waals surface area contributed by atoms with Gasteiger partial charge in [0, 0.05) is 6.92 Å². The number of aliphatic hydroxyl groups excluding tert-OH is 1. The Morgan fingerprint density at radius 3 is 2.86 bits per heavy atom. The molecule has 0 spiro atoms. The third-order valence-corrected chi connectivity index (χ3v) is 3.03. The van der Waals surface area contributed by atoms with E-state index in [1.807, 2.05) is 6.92 Å². The lowest BCUT2D eigenvalue weighted by molar-refractivity contribution is -0.142. The second-order valence-electron chi connectivity index (χ2n) is 4.34. The Morgan fingerprint density at radius 2 is 2.29 bits per heavy atom. The molecule has 0 aromatic rings. The molecular formula is C11H20O3. The fourth-order valence-corrected chi connectivity index (χ4v) is 2.16. The van der Waals surface area contributed by atoms with Crippen molar-refractivity contribution in [2.75, 3.05) is 6.61 Å². The molecule has 0 radical (unpaired) electrons. The molecule has 0 aliphatic heterocycles. The van der Waals surface area contributed by atoms with Crippen molar-refractivity contribution in [3.63, 3.8) is 0 Å². The van der Waals surface area contributed by atoms with Gasteiger partial charge in [0.1, 0.15) is 0 Å². The van der Waals surface area contributed by atoms with Crippen molar-refractivity contribution in [2.45, 2.75) is 45.6 Å². The van der Waals surface area contributed by atoms with E-state index < -0.39 is 0 Å². The second kappa shape index (κ2) is 5.35. The van der Waals surface area contributed by atoms with Crippen molar-refractivity contribution < 1.29 is 14.6 Å². The van der Waals surface area contributed by atoms with Crippen LogP contribution in [0.5, 0.6) is 0 Å². The average molecular weight is 200 g/mol. The Labute approximate surface area is 85.5 Å². The topological polar surface area (TPSA) is 46.5 Å². The minimum Gasteiger partial charge on any atom is -0.466 e. The van der Waals surface area contributed by atoms with Gasteiger partial charge in [0.05, 0.1) is 12.7 Å². The van der Waals surface area contributed by atoms with Gasteiger partial charge in [-0.3, -0.25) is 4.79 Å². The summed E-state index contributed by atoms with van der Waals surface area (Å²) in [5.41, 5.74) is 0. The molecule has 0 amide bonds. The summed E-state index contributed by atoms with van der Waals surface area (Å²) in [7, 11) is 0. The van der Waals surface area contributed by atoms with E-state index in [1.165, 1.54) is 6.92 Å². The molecule has 3 unspecified atom stereocenters. The number of hydrogen-bond donors (Lipinski definition) is 1. The van der Waals surface area contributed by atoms with Crippen LogP contribution in [0.15, 0.2) is 0 Å². The van der Waals surface area contributed by atoms with Crippen LogP contribution in [0.1, 0.15) is 39.5 Å². The van der Waals surface area contributed by atoms with Crippen molar-refractivity contribution in [3.8, 4) is 0 Å². The van der Waals surface area contributed by atoms with Crippen LogP contribution in [0.2, 0.25) is 0 Å². The van der Waals surface area contributed by atoms with E-state index >= 15 is 0 Å². The van der Waals surface area contributed by atoms with E-state index in [0.29, 0.717) is 18.4 Å². The van der Waals surface area contributed by atoms with Gasteiger partial charge in [0.25, 0.3) is 0 Å². The first-order valence-corrected chi connectivity index (χ1v) is 5.41. The molecule has 3 atom stereocenters. The Bertz CT molecular complexity index is 189. The van der Waals surface area contributed by atoms with Gasteiger partial charge in [-0.2, -0.15) is 0 Å². The Morgan fingerprint density at radius 1 is 1.57 bits per heavy atom. The lowest BCUT2D eigenvalue weighted by Crippen LogP contribution is -2.27. The molecule has 0 saturated heterocycles. The van der Waals surface area contributed by atoms with E-state index in [4.69, 9.17) is 4.74 Å². The van der Waals surface area contributed by atoms with E-state index in [9.17, 15) is 9.90 Å². The van der Waals surface area contributed by atoms with Gasteiger partial charge >= 0.3 is 5.97 Å². The van der Waals surface area contributed by atoms with Crippen LogP contribution in [-0.2, 0) is 9.53 Å². The van der Waals surface area contributed by atoms with E-state index in [0.717, 1.165) is 25.7 Å². The van der Waals surface area contributed by atoms with Crippen LogP contribution >= 0.6 is 0 Å². The van der Waals surface area contributed by atoms with Gasteiger partial charge in [-0.1, -0.05) is 6.42 Å². The number of aliphatic hydroxyl groups is 1. The molecule has 0 aromatic carbocycles. The molecule has 0 aromatic heterocycles. The summed E-state index contributed by atoms with van der Waals surface area (Å²) in [6, 6.07) is 0. The number of rotatable bonds is 3. The molecule has 1 fully saturated rings. The van der Waals surface area contributed by atoms with Gasteiger partial charge in [0.2, 0.25) is 0 Å². The van der Waals surface area contributed by atoms with Crippen LogP contribution in [-0.4, -0.2) is 23.8 Å². The first-order chi connectivity index (χ1) is 6.59. The SMILES string of the molecule is CC(=O)OCC1CCCC(C(C)O)C1. The number of carbonyl (C=O) groups is 1. The largest absolute Gasteiger partial charge is 0.466 e. The van der Waals surface area contributed by atoms with E-state index in [-0.39, 0.29) is 12.1 Å². The summed E-state index contributed by atoms with van der Waals surface area (Å²) in [5, 5.41) is 9.46. The summed E-state index contributed by atoms with van der Waals surface area (Å²) in [4.78, 5) is 10.6. The fraction of sp³-hybridized carbons (Fsp3) is 0.909. The molecule has 0 heterocycles. The van der Waals surface area contributed by atoms with Gasteiger partial charge < -0.3 is 9.84 Å². The van der Waals surface area contributed by atoms with Crippen LogP contribution in [0.3, 0.4) is 0 Å².